The van der Waals surface area contributed by atoms with E-state index in [-0.39, 0.29) is 23.7 Å². The van der Waals surface area contributed by atoms with Gasteiger partial charge in [0.05, 0.1) is 11.7 Å². The van der Waals surface area contributed by atoms with Crippen LogP contribution in [0.15, 0.2) is 78.9 Å². The Morgan fingerprint density at radius 2 is 1.54 bits per heavy atom. The molecule has 2 amide bonds. The molecule has 3 aromatic carbocycles. The summed E-state index contributed by atoms with van der Waals surface area (Å²) in [4.78, 5) is 29.4. The van der Waals surface area contributed by atoms with Gasteiger partial charge in [-0.1, -0.05) is 60.7 Å². The Bertz CT molecular complexity index is 1160. The van der Waals surface area contributed by atoms with Gasteiger partial charge >= 0.3 is 0 Å². The number of piperazine rings is 1. The van der Waals surface area contributed by atoms with Crippen LogP contribution in [-0.2, 0) is 22.4 Å². The summed E-state index contributed by atoms with van der Waals surface area (Å²) in [6, 6.07) is 24.4. The van der Waals surface area contributed by atoms with Gasteiger partial charge in [0.2, 0.25) is 11.8 Å². The number of benzene rings is 3. The lowest BCUT2D eigenvalue weighted by molar-refractivity contribution is -0.126. The fraction of sp³-hybridized carbons (Fsp3) is 0.333. The summed E-state index contributed by atoms with van der Waals surface area (Å²) in [5, 5.41) is 5.77. The zero-order chi connectivity index (χ0) is 26.0. The van der Waals surface area contributed by atoms with Crippen LogP contribution in [0.1, 0.15) is 24.5 Å². The van der Waals surface area contributed by atoms with E-state index in [4.69, 9.17) is 0 Å². The zero-order valence-electron chi connectivity index (χ0n) is 21.3. The van der Waals surface area contributed by atoms with Gasteiger partial charge in [0.15, 0.2) is 0 Å². The molecule has 1 aliphatic heterocycles. The van der Waals surface area contributed by atoms with Crippen LogP contribution in [0.2, 0.25) is 0 Å². The molecule has 0 saturated carbocycles. The molecule has 1 atom stereocenters. The first-order chi connectivity index (χ1) is 18.0. The SMILES string of the molecule is CCNC(=O)C(Cc1ccccc1)N1CCN(c2ccc(NC(=O)CCc3ccccc3)cc2F)CC1. The highest BCUT2D eigenvalue weighted by atomic mass is 19.1. The molecule has 1 saturated heterocycles. The van der Waals surface area contributed by atoms with Crippen LogP contribution in [0.3, 0.4) is 0 Å². The zero-order valence-corrected chi connectivity index (χ0v) is 21.3. The number of anilines is 2. The van der Waals surface area contributed by atoms with Crippen molar-refractivity contribution in [1.82, 2.24) is 10.2 Å². The Hall–Kier alpha value is -3.71. The predicted molar refractivity (Wildman–Crippen MR) is 146 cm³/mol. The van der Waals surface area contributed by atoms with E-state index < -0.39 is 0 Å². The predicted octanol–water partition coefficient (Wildman–Crippen LogP) is 4.27. The van der Waals surface area contributed by atoms with Gasteiger partial charge in [0.25, 0.3) is 0 Å². The number of hydrogen-bond donors (Lipinski definition) is 2. The van der Waals surface area contributed by atoms with Crippen molar-refractivity contribution >= 4 is 23.2 Å². The quantitative estimate of drug-likeness (QED) is 0.435. The van der Waals surface area contributed by atoms with Crippen molar-refractivity contribution in [2.24, 2.45) is 0 Å². The molecule has 1 aliphatic rings. The van der Waals surface area contributed by atoms with Crippen LogP contribution in [0.4, 0.5) is 15.8 Å². The van der Waals surface area contributed by atoms with Crippen molar-refractivity contribution < 1.29 is 14.0 Å². The number of likely N-dealkylation sites (N-methyl/N-ethyl adjacent to an activating group) is 1. The van der Waals surface area contributed by atoms with Crippen LogP contribution in [0, 0.1) is 5.82 Å². The number of nitrogens with zero attached hydrogens (tertiary/aromatic N) is 2. The number of carbonyl (C=O) groups is 2. The Morgan fingerprint density at radius 1 is 0.892 bits per heavy atom. The summed E-state index contributed by atoms with van der Waals surface area (Å²) < 4.78 is 15.0. The molecule has 37 heavy (non-hydrogen) atoms. The number of amides is 2. The van der Waals surface area contributed by atoms with Crippen molar-refractivity contribution in [3.63, 3.8) is 0 Å². The molecule has 4 rings (SSSR count). The molecule has 1 fully saturated rings. The molecule has 1 unspecified atom stereocenters. The highest BCUT2D eigenvalue weighted by molar-refractivity contribution is 5.91. The minimum atomic E-state index is -0.362. The van der Waals surface area contributed by atoms with Gasteiger partial charge in [0, 0.05) is 44.8 Å². The molecule has 0 spiro atoms. The van der Waals surface area contributed by atoms with Crippen molar-refractivity contribution in [3.8, 4) is 0 Å². The maximum absolute atomic E-state index is 15.0. The lowest BCUT2D eigenvalue weighted by Crippen LogP contribution is -2.56. The van der Waals surface area contributed by atoms with Gasteiger partial charge in [-0.25, -0.2) is 4.39 Å². The second-order valence-electron chi connectivity index (χ2n) is 9.32. The van der Waals surface area contributed by atoms with Crippen molar-refractivity contribution in [1.29, 1.82) is 0 Å². The topological polar surface area (TPSA) is 64.7 Å². The van der Waals surface area contributed by atoms with Gasteiger partial charge in [-0.2, -0.15) is 0 Å². The van der Waals surface area contributed by atoms with Gasteiger partial charge in [-0.15, -0.1) is 0 Å². The average molecular weight is 503 g/mol. The maximum atomic E-state index is 15.0. The van der Waals surface area contributed by atoms with Crippen LogP contribution in [0.25, 0.3) is 0 Å². The second-order valence-corrected chi connectivity index (χ2v) is 9.32. The first-order valence-electron chi connectivity index (χ1n) is 13.0. The van der Waals surface area contributed by atoms with E-state index >= 15 is 4.39 Å². The lowest BCUT2D eigenvalue weighted by atomic mass is 10.0. The summed E-state index contributed by atoms with van der Waals surface area (Å²) in [6.45, 7) is 5.06. The van der Waals surface area contributed by atoms with Crippen LogP contribution < -0.4 is 15.5 Å². The number of aryl methyl sites for hydroxylation is 1. The van der Waals surface area contributed by atoms with Crippen LogP contribution in [-0.4, -0.2) is 55.5 Å². The largest absolute Gasteiger partial charge is 0.367 e. The molecule has 6 nitrogen and oxygen atoms in total. The minimum absolute atomic E-state index is 0.0262. The number of halogens is 1. The van der Waals surface area contributed by atoms with Crippen molar-refractivity contribution in [2.45, 2.75) is 32.2 Å². The fourth-order valence-electron chi connectivity index (χ4n) is 4.76. The normalized spacial score (nSPS) is 14.7. The molecule has 0 aromatic heterocycles. The van der Waals surface area contributed by atoms with E-state index in [0.717, 1.165) is 11.1 Å². The van der Waals surface area contributed by atoms with Gasteiger partial charge in [0.1, 0.15) is 5.82 Å². The molecule has 1 heterocycles. The fourth-order valence-corrected chi connectivity index (χ4v) is 4.76. The number of nitrogens with one attached hydrogen (secondary N) is 2. The Balaban J connectivity index is 1.33. The first kappa shape index (κ1) is 26.4. The maximum Gasteiger partial charge on any atom is 0.237 e. The summed E-state index contributed by atoms with van der Waals surface area (Å²) in [6.07, 6.45) is 1.61. The number of rotatable bonds is 10. The van der Waals surface area contributed by atoms with Crippen LogP contribution >= 0.6 is 0 Å². The van der Waals surface area contributed by atoms with Gasteiger partial charge in [-0.05, 0) is 49.1 Å². The van der Waals surface area contributed by atoms with E-state index in [0.29, 0.717) is 63.4 Å². The third kappa shape index (κ3) is 7.40. The van der Waals surface area contributed by atoms with E-state index in [9.17, 15) is 9.59 Å². The molecule has 7 heteroatoms. The molecule has 2 N–H and O–H groups in total. The third-order valence-electron chi connectivity index (χ3n) is 6.74. The lowest BCUT2D eigenvalue weighted by Gasteiger charge is -2.39. The summed E-state index contributed by atoms with van der Waals surface area (Å²) in [5.74, 6) is -0.475. The third-order valence-corrected chi connectivity index (χ3v) is 6.74. The molecular formula is C30H35FN4O2. The highest BCUT2D eigenvalue weighted by Crippen LogP contribution is 2.25. The van der Waals surface area contributed by atoms with Gasteiger partial charge < -0.3 is 15.5 Å². The van der Waals surface area contributed by atoms with E-state index in [1.54, 1.807) is 12.1 Å². The molecular weight excluding hydrogens is 467 g/mol. The smallest absolute Gasteiger partial charge is 0.237 e. The summed E-state index contributed by atoms with van der Waals surface area (Å²) in [7, 11) is 0. The molecule has 194 valence electrons. The van der Waals surface area contributed by atoms with E-state index in [2.05, 4.69) is 15.5 Å². The van der Waals surface area contributed by atoms with Gasteiger partial charge in [-0.3, -0.25) is 14.5 Å². The first-order valence-corrected chi connectivity index (χ1v) is 13.0. The number of carbonyl (C=O) groups excluding carboxylic acids is 2. The monoisotopic (exact) mass is 502 g/mol. The Labute approximate surface area is 218 Å². The standard InChI is InChI=1S/C30H35FN4O2/c1-2-32-30(37)28(21-24-11-7-4-8-12-24)35-19-17-34(18-20-35)27-15-14-25(22-26(27)31)33-29(36)16-13-23-9-5-3-6-10-23/h3-12,14-15,22,28H,2,13,16-21H2,1H3,(H,32,37)(H,33,36). The summed E-state index contributed by atoms with van der Waals surface area (Å²) >= 11 is 0. The molecule has 0 radical (unpaired) electrons. The molecule has 3 aromatic rings. The van der Waals surface area contributed by atoms with Crippen molar-refractivity contribution in [3.05, 3.63) is 95.8 Å². The van der Waals surface area contributed by atoms with Crippen molar-refractivity contribution in [2.75, 3.05) is 42.9 Å². The number of hydrogen-bond acceptors (Lipinski definition) is 4. The molecule has 0 bridgehead atoms. The minimum Gasteiger partial charge on any atom is -0.367 e. The summed E-state index contributed by atoms with van der Waals surface area (Å²) in [5.41, 5.74) is 3.18. The highest BCUT2D eigenvalue weighted by Gasteiger charge is 2.29. The Kier molecular flexibility index (Phi) is 9.27. The second kappa shape index (κ2) is 13.0. The Morgan fingerprint density at radius 3 is 2.16 bits per heavy atom. The molecule has 0 aliphatic carbocycles. The van der Waals surface area contributed by atoms with E-state index in [1.807, 2.05) is 72.5 Å². The average Bonchev–Trinajstić information content (AvgIpc) is 2.92. The van der Waals surface area contributed by atoms with E-state index in [1.165, 1.54) is 6.07 Å². The van der Waals surface area contributed by atoms with Crippen LogP contribution in [0.5, 0.6) is 0 Å².